The fraction of sp³-hybridized carbons (Fsp3) is 0.241. The van der Waals surface area contributed by atoms with Gasteiger partial charge in [0, 0.05) is 16.0 Å². The number of benzene rings is 3. The van der Waals surface area contributed by atoms with Crippen molar-refractivity contribution in [3.05, 3.63) is 105 Å². The molecule has 1 aliphatic carbocycles. The Balaban J connectivity index is 1.46. The summed E-state index contributed by atoms with van der Waals surface area (Å²) in [6, 6.07) is 23.0. The predicted octanol–water partition coefficient (Wildman–Crippen LogP) is 7.50. The van der Waals surface area contributed by atoms with Crippen LogP contribution in [0.15, 0.2) is 83.5 Å². The van der Waals surface area contributed by atoms with Crippen molar-refractivity contribution in [2.45, 2.75) is 32.2 Å². The Kier molecular flexibility index (Phi) is 6.94. The van der Waals surface area contributed by atoms with E-state index in [4.69, 9.17) is 33.0 Å². The quantitative estimate of drug-likeness (QED) is 0.360. The van der Waals surface area contributed by atoms with Crippen LogP contribution in [-0.2, 0) is 4.79 Å². The molecular formula is C29H26Cl2N2O2. The standard InChI is InChI=1S/C29H26Cl2N2O2/c1-19-4-2-6-25(16-19)35-18-27(34)33-29(21-10-14-24(31)15-11-21)26-7-3-5-22(28(26)32-33)17-20-8-12-23(30)13-9-20/h2,4,6,8-17,26,29H,3,5,7,18H2,1H3/b22-17-/t26-,29+/m0/s1. The third kappa shape index (κ3) is 5.29. The van der Waals surface area contributed by atoms with Gasteiger partial charge in [-0.3, -0.25) is 4.79 Å². The van der Waals surface area contributed by atoms with Gasteiger partial charge in [0.15, 0.2) is 6.61 Å². The minimum absolute atomic E-state index is 0.0761. The fourth-order valence-electron chi connectivity index (χ4n) is 4.88. The van der Waals surface area contributed by atoms with Gasteiger partial charge in [0.1, 0.15) is 5.75 Å². The summed E-state index contributed by atoms with van der Waals surface area (Å²) in [6.45, 7) is 1.92. The molecule has 0 spiro atoms. The molecule has 3 aromatic carbocycles. The Bertz CT molecular complexity index is 1280. The van der Waals surface area contributed by atoms with Crippen LogP contribution in [0.3, 0.4) is 0 Å². The summed E-state index contributed by atoms with van der Waals surface area (Å²) in [4.78, 5) is 13.4. The molecule has 1 amide bonds. The molecule has 4 nitrogen and oxygen atoms in total. The molecule has 0 aromatic heterocycles. The molecule has 3 aromatic rings. The van der Waals surface area contributed by atoms with E-state index in [0.29, 0.717) is 15.8 Å². The second-order valence-electron chi connectivity index (χ2n) is 9.04. The van der Waals surface area contributed by atoms with Crippen molar-refractivity contribution in [3.8, 4) is 5.75 Å². The van der Waals surface area contributed by atoms with Crippen LogP contribution < -0.4 is 4.74 Å². The molecule has 2 aliphatic rings. The van der Waals surface area contributed by atoms with Gasteiger partial charge in [0.2, 0.25) is 0 Å². The maximum Gasteiger partial charge on any atom is 0.281 e. The number of hydrogen-bond acceptors (Lipinski definition) is 3. The summed E-state index contributed by atoms with van der Waals surface area (Å²) in [7, 11) is 0. The third-order valence-electron chi connectivity index (χ3n) is 6.53. The molecule has 6 heteroatoms. The van der Waals surface area contributed by atoms with Crippen LogP contribution in [-0.4, -0.2) is 23.2 Å². The van der Waals surface area contributed by atoms with Crippen molar-refractivity contribution < 1.29 is 9.53 Å². The Morgan fingerprint density at radius 2 is 1.77 bits per heavy atom. The van der Waals surface area contributed by atoms with Gasteiger partial charge in [-0.2, -0.15) is 5.10 Å². The van der Waals surface area contributed by atoms with Crippen LogP contribution in [0.25, 0.3) is 6.08 Å². The summed E-state index contributed by atoms with van der Waals surface area (Å²) in [6.07, 6.45) is 5.09. The van der Waals surface area contributed by atoms with Crippen LogP contribution in [0.4, 0.5) is 0 Å². The van der Waals surface area contributed by atoms with E-state index in [-0.39, 0.29) is 24.5 Å². The predicted molar refractivity (Wildman–Crippen MR) is 142 cm³/mol. The van der Waals surface area contributed by atoms with Crippen molar-refractivity contribution in [3.63, 3.8) is 0 Å². The van der Waals surface area contributed by atoms with Crippen molar-refractivity contribution in [2.75, 3.05) is 6.61 Å². The molecule has 2 atom stereocenters. The highest BCUT2D eigenvalue weighted by Crippen LogP contribution is 2.44. The lowest BCUT2D eigenvalue weighted by molar-refractivity contribution is -0.135. The van der Waals surface area contributed by atoms with E-state index >= 15 is 0 Å². The van der Waals surface area contributed by atoms with Crippen LogP contribution >= 0.6 is 23.2 Å². The van der Waals surface area contributed by atoms with E-state index in [1.165, 1.54) is 0 Å². The smallest absolute Gasteiger partial charge is 0.281 e. The molecule has 178 valence electrons. The second kappa shape index (κ2) is 10.3. The lowest BCUT2D eigenvalue weighted by atomic mass is 9.77. The van der Waals surface area contributed by atoms with Crippen molar-refractivity contribution in [2.24, 2.45) is 11.0 Å². The number of nitrogens with zero attached hydrogens (tertiary/aromatic N) is 2. The largest absolute Gasteiger partial charge is 0.484 e. The zero-order valence-electron chi connectivity index (χ0n) is 19.5. The molecule has 0 N–H and O–H groups in total. The lowest BCUT2D eigenvalue weighted by Crippen LogP contribution is -2.34. The van der Waals surface area contributed by atoms with Crippen LogP contribution in [0.1, 0.15) is 42.0 Å². The second-order valence-corrected chi connectivity index (χ2v) is 9.92. The van der Waals surface area contributed by atoms with Crippen molar-refractivity contribution >= 4 is 40.9 Å². The molecule has 1 aliphatic heterocycles. The van der Waals surface area contributed by atoms with Gasteiger partial charge in [-0.15, -0.1) is 0 Å². The zero-order valence-corrected chi connectivity index (χ0v) is 21.0. The highest BCUT2D eigenvalue weighted by atomic mass is 35.5. The average Bonchev–Trinajstić information content (AvgIpc) is 3.25. The summed E-state index contributed by atoms with van der Waals surface area (Å²) in [5.74, 6) is 0.625. The van der Waals surface area contributed by atoms with Crippen LogP contribution in [0.2, 0.25) is 10.0 Å². The number of halogens is 2. The van der Waals surface area contributed by atoms with E-state index in [9.17, 15) is 4.79 Å². The highest BCUT2D eigenvalue weighted by molar-refractivity contribution is 6.30. The first kappa shape index (κ1) is 23.7. The van der Waals surface area contributed by atoms with E-state index in [0.717, 1.165) is 47.2 Å². The topological polar surface area (TPSA) is 41.9 Å². The van der Waals surface area contributed by atoms with Gasteiger partial charge in [-0.05, 0) is 90.9 Å². The number of allylic oxidation sites excluding steroid dienone is 1. The van der Waals surface area contributed by atoms with Gasteiger partial charge in [-0.25, -0.2) is 5.01 Å². The molecule has 0 saturated heterocycles. The summed E-state index contributed by atoms with van der Waals surface area (Å²) in [5, 5.41) is 7.91. The Labute approximate surface area is 215 Å². The molecule has 0 bridgehead atoms. The minimum atomic E-state index is -0.190. The minimum Gasteiger partial charge on any atom is -0.484 e. The van der Waals surface area contributed by atoms with E-state index in [1.807, 2.05) is 79.7 Å². The molecule has 1 saturated carbocycles. The van der Waals surface area contributed by atoms with Gasteiger partial charge < -0.3 is 4.74 Å². The summed E-state index contributed by atoms with van der Waals surface area (Å²) < 4.78 is 5.84. The van der Waals surface area contributed by atoms with E-state index in [2.05, 4.69) is 6.08 Å². The third-order valence-corrected chi connectivity index (χ3v) is 7.04. The zero-order chi connectivity index (χ0) is 24.4. The molecule has 35 heavy (non-hydrogen) atoms. The highest BCUT2D eigenvalue weighted by Gasteiger charge is 2.43. The Morgan fingerprint density at radius 3 is 2.49 bits per heavy atom. The molecule has 1 fully saturated rings. The molecule has 0 radical (unpaired) electrons. The number of hydrogen-bond donors (Lipinski definition) is 0. The first-order valence-corrected chi connectivity index (χ1v) is 12.6. The van der Waals surface area contributed by atoms with Gasteiger partial charge in [0.25, 0.3) is 5.91 Å². The molecular weight excluding hydrogens is 479 g/mol. The van der Waals surface area contributed by atoms with Crippen molar-refractivity contribution in [1.82, 2.24) is 5.01 Å². The maximum absolute atomic E-state index is 13.4. The molecule has 5 rings (SSSR count). The number of carbonyl (C=O) groups is 1. The summed E-state index contributed by atoms with van der Waals surface area (Å²) in [5.41, 5.74) is 5.32. The van der Waals surface area contributed by atoms with Gasteiger partial charge in [-0.1, -0.05) is 59.6 Å². The molecule has 1 heterocycles. The normalized spacial score (nSPS) is 20.5. The number of rotatable bonds is 5. The maximum atomic E-state index is 13.4. The first-order chi connectivity index (χ1) is 17.0. The summed E-state index contributed by atoms with van der Waals surface area (Å²) >= 11 is 12.2. The Hall–Kier alpha value is -3.08. The molecule has 0 unspecified atom stereocenters. The van der Waals surface area contributed by atoms with Crippen LogP contribution in [0.5, 0.6) is 5.75 Å². The fourth-order valence-corrected chi connectivity index (χ4v) is 5.13. The number of hydrazone groups is 1. The van der Waals surface area contributed by atoms with Gasteiger partial charge >= 0.3 is 0 Å². The van der Waals surface area contributed by atoms with E-state index < -0.39 is 0 Å². The lowest BCUT2D eigenvalue weighted by Gasteiger charge is -2.29. The number of ether oxygens (including phenoxy) is 1. The van der Waals surface area contributed by atoms with Crippen LogP contribution in [0, 0.1) is 12.8 Å². The van der Waals surface area contributed by atoms with Crippen molar-refractivity contribution in [1.29, 1.82) is 0 Å². The van der Waals surface area contributed by atoms with E-state index in [1.54, 1.807) is 5.01 Å². The number of fused-ring (bicyclic) bond motifs is 1. The number of carbonyl (C=O) groups excluding carboxylic acids is 1. The first-order valence-electron chi connectivity index (χ1n) is 11.8. The van der Waals surface area contributed by atoms with Gasteiger partial charge in [0.05, 0.1) is 11.8 Å². The Morgan fingerprint density at radius 1 is 1.06 bits per heavy atom. The number of aryl methyl sites for hydroxylation is 1. The monoisotopic (exact) mass is 504 g/mol. The number of amides is 1. The SMILES string of the molecule is Cc1cccc(OCC(=O)N2N=C3/C(=C\c4ccc(Cl)cc4)CCC[C@@H]3[C@H]2c2ccc(Cl)cc2)c1. The average molecular weight is 505 g/mol.